The first-order valence-corrected chi connectivity index (χ1v) is 10.8. The quantitative estimate of drug-likeness (QED) is 0.225. The number of amidine groups is 1. The molecule has 0 saturated carbocycles. The van der Waals surface area contributed by atoms with Crippen molar-refractivity contribution in [2.75, 3.05) is 19.6 Å². The minimum atomic E-state index is 1.02. The van der Waals surface area contributed by atoms with Crippen molar-refractivity contribution in [2.45, 2.75) is 104 Å². The monoisotopic (exact) mass is 334 g/mol. The molecule has 0 saturated heterocycles. The number of hydrogen-bond acceptors (Lipinski definition) is 2. The molecule has 0 spiro atoms. The number of hydrogen-bond donors (Lipinski definition) is 0. The maximum atomic E-state index is 4.62. The van der Waals surface area contributed by atoms with Gasteiger partial charge in [0, 0.05) is 19.5 Å². The highest BCUT2D eigenvalue weighted by Gasteiger charge is 2.13. The van der Waals surface area contributed by atoms with Crippen LogP contribution in [0.25, 0.3) is 0 Å². The molecule has 0 fully saturated rings. The second-order valence-electron chi connectivity index (χ2n) is 7.21. The summed E-state index contributed by atoms with van der Waals surface area (Å²) >= 11 is 0. The minimum Gasteiger partial charge on any atom is -0.359 e. The molecule has 1 heterocycles. The molecular weight excluding hydrogens is 292 g/mol. The lowest BCUT2D eigenvalue weighted by Crippen LogP contribution is -2.27. The van der Waals surface area contributed by atoms with Crippen molar-refractivity contribution in [3.8, 4) is 0 Å². The van der Waals surface area contributed by atoms with E-state index in [0.29, 0.717) is 0 Å². The largest absolute Gasteiger partial charge is 0.359 e. The van der Waals surface area contributed by atoms with Gasteiger partial charge >= 0.3 is 0 Å². The fourth-order valence-corrected chi connectivity index (χ4v) is 3.46. The number of rotatable bonds is 16. The molecular formula is C22H42N2. The molecule has 0 aromatic heterocycles. The molecule has 1 aliphatic rings. The zero-order valence-corrected chi connectivity index (χ0v) is 16.6. The Balaban J connectivity index is 1.79. The van der Waals surface area contributed by atoms with E-state index >= 15 is 0 Å². The van der Waals surface area contributed by atoms with Crippen molar-refractivity contribution in [3.05, 3.63) is 12.2 Å². The SMILES string of the molecule is CCCCCCCC/C=C/CCCCCCCC1=NCCN1CC. The van der Waals surface area contributed by atoms with Gasteiger partial charge in [0.15, 0.2) is 0 Å². The molecule has 140 valence electrons. The fourth-order valence-electron chi connectivity index (χ4n) is 3.46. The van der Waals surface area contributed by atoms with E-state index in [-0.39, 0.29) is 0 Å². The van der Waals surface area contributed by atoms with Crippen molar-refractivity contribution in [1.82, 2.24) is 4.90 Å². The predicted molar refractivity (Wildman–Crippen MR) is 109 cm³/mol. The van der Waals surface area contributed by atoms with Crippen molar-refractivity contribution in [1.29, 1.82) is 0 Å². The maximum absolute atomic E-state index is 4.62. The third-order valence-electron chi connectivity index (χ3n) is 5.07. The van der Waals surface area contributed by atoms with E-state index in [4.69, 9.17) is 0 Å². The Morgan fingerprint density at radius 2 is 1.38 bits per heavy atom. The van der Waals surface area contributed by atoms with Crippen LogP contribution in [0.1, 0.15) is 104 Å². The summed E-state index contributed by atoms with van der Waals surface area (Å²) in [5.74, 6) is 1.37. The van der Waals surface area contributed by atoms with Crippen LogP contribution in [0.3, 0.4) is 0 Å². The number of allylic oxidation sites excluding steroid dienone is 2. The minimum absolute atomic E-state index is 1.02. The zero-order chi connectivity index (χ0) is 17.3. The van der Waals surface area contributed by atoms with Crippen LogP contribution >= 0.6 is 0 Å². The van der Waals surface area contributed by atoms with Gasteiger partial charge in [-0.15, -0.1) is 0 Å². The van der Waals surface area contributed by atoms with Gasteiger partial charge in [-0.05, 0) is 39.0 Å². The number of aliphatic imine (C=N–C) groups is 1. The van der Waals surface area contributed by atoms with E-state index in [9.17, 15) is 0 Å². The van der Waals surface area contributed by atoms with Crippen LogP contribution in [0.2, 0.25) is 0 Å². The molecule has 0 aliphatic carbocycles. The Kier molecular flexibility index (Phi) is 13.9. The molecule has 1 rings (SSSR count). The van der Waals surface area contributed by atoms with Gasteiger partial charge in [0.05, 0.1) is 12.4 Å². The molecule has 0 bridgehead atoms. The summed E-state index contributed by atoms with van der Waals surface area (Å²) in [7, 11) is 0. The van der Waals surface area contributed by atoms with Gasteiger partial charge < -0.3 is 4.90 Å². The van der Waals surface area contributed by atoms with Gasteiger partial charge in [0.25, 0.3) is 0 Å². The van der Waals surface area contributed by atoms with Crippen molar-refractivity contribution < 1.29 is 0 Å². The topological polar surface area (TPSA) is 15.6 Å². The fraction of sp³-hybridized carbons (Fsp3) is 0.864. The first kappa shape index (κ1) is 21.3. The second-order valence-corrected chi connectivity index (χ2v) is 7.21. The number of unbranched alkanes of at least 4 members (excludes halogenated alkanes) is 11. The molecule has 0 unspecified atom stereocenters. The Morgan fingerprint density at radius 1 is 0.792 bits per heavy atom. The standard InChI is InChI=1S/C22H42N2/c1-3-5-6-7-8-9-10-11-12-13-14-15-16-17-18-19-22-23-20-21-24(22)4-2/h11-12H,3-10,13-21H2,1-2H3/b12-11+. The highest BCUT2D eigenvalue weighted by atomic mass is 15.2. The van der Waals surface area contributed by atoms with E-state index < -0.39 is 0 Å². The van der Waals surface area contributed by atoms with Crippen LogP contribution < -0.4 is 0 Å². The van der Waals surface area contributed by atoms with Crippen LogP contribution in [-0.2, 0) is 0 Å². The van der Waals surface area contributed by atoms with E-state index in [1.54, 1.807) is 0 Å². The van der Waals surface area contributed by atoms with E-state index in [0.717, 1.165) is 19.6 Å². The highest BCUT2D eigenvalue weighted by Crippen LogP contribution is 2.12. The Labute approximate surface area is 151 Å². The molecule has 2 nitrogen and oxygen atoms in total. The summed E-state index contributed by atoms with van der Waals surface area (Å²) in [6.45, 7) is 7.82. The summed E-state index contributed by atoms with van der Waals surface area (Å²) in [4.78, 5) is 7.06. The molecule has 0 aromatic carbocycles. The molecule has 0 atom stereocenters. The molecule has 1 aliphatic heterocycles. The van der Waals surface area contributed by atoms with Crippen LogP contribution in [0.5, 0.6) is 0 Å². The van der Waals surface area contributed by atoms with Gasteiger partial charge in [-0.3, -0.25) is 4.99 Å². The van der Waals surface area contributed by atoms with Crippen LogP contribution in [0.15, 0.2) is 17.1 Å². The van der Waals surface area contributed by atoms with Crippen molar-refractivity contribution in [2.24, 2.45) is 4.99 Å². The number of nitrogens with zero attached hydrogens (tertiary/aromatic N) is 2. The van der Waals surface area contributed by atoms with E-state index in [1.165, 1.54) is 95.7 Å². The van der Waals surface area contributed by atoms with Gasteiger partial charge in [0.1, 0.15) is 0 Å². The third-order valence-corrected chi connectivity index (χ3v) is 5.07. The predicted octanol–water partition coefficient (Wildman–Crippen LogP) is 6.76. The Hall–Kier alpha value is -0.790. The summed E-state index contributed by atoms with van der Waals surface area (Å²) in [5.41, 5.74) is 0. The molecule has 24 heavy (non-hydrogen) atoms. The molecule has 0 amide bonds. The second kappa shape index (κ2) is 15.7. The molecule has 0 N–H and O–H groups in total. The van der Waals surface area contributed by atoms with E-state index in [2.05, 4.69) is 35.9 Å². The van der Waals surface area contributed by atoms with Crippen molar-refractivity contribution >= 4 is 5.84 Å². The molecule has 2 heteroatoms. The third kappa shape index (κ3) is 10.9. The first-order chi connectivity index (χ1) is 11.9. The van der Waals surface area contributed by atoms with Gasteiger partial charge in [-0.2, -0.15) is 0 Å². The summed E-state index contributed by atoms with van der Waals surface area (Å²) in [6.07, 6.45) is 23.9. The smallest absolute Gasteiger partial charge is 0.0990 e. The lowest BCUT2D eigenvalue weighted by molar-refractivity contribution is 0.470. The molecule has 0 radical (unpaired) electrons. The maximum Gasteiger partial charge on any atom is 0.0990 e. The summed E-state index contributed by atoms with van der Waals surface area (Å²) < 4.78 is 0. The lowest BCUT2D eigenvalue weighted by atomic mass is 10.1. The first-order valence-electron chi connectivity index (χ1n) is 10.8. The Morgan fingerprint density at radius 3 is 2.00 bits per heavy atom. The van der Waals surface area contributed by atoms with E-state index in [1.807, 2.05) is 0 Å². The average molecular weight is 335 g/mol. The van der Waals surface area contributed by atoms with Gasteiger partial charge in [0.2, 0.25) is 0 Å². The van der Waals surface area contributed by atoms with Crippen LogP contribution in [-0.4, -0.2) is 30.4 Å². The number of likely N-dealkylation sites (N-methyl/N-ethyl adjacent to an activating group) is 1. The van der Waals surface area contributed by atoms with Gasteiger partial charge in [-0.25, -0.2) is 0 Å². The average Bonchev–Trinajstić information content (AvgIpc) is 3.06. The molecule has 0 aromatic rings. The van der Waals surface area contributed by atoms with Crippen molar-refractivity contribution in [3.63, 3.8) is 0 Å². The van der Waals surface area contributed by atoms with Crippen LogP contribution in [0, 0.1) is 0 Å². The zero-order valence-electron chi connectivity index (χ0n) is 16.6. The normalized spacial score (nSPS) is 14.8. The highest BCUT2D eigenvalue weighted by molar-refractivity contribution is 5.83. The van der Waals surface area contributed by atoms with Gasteiger partial charge in [-0.1, -0.05) is 70.4 Å². The van der Waals surface area contributed by atoms with Crippen LogP contribution in [0.4, 0.5) is 0 Å². The Bertz CT molecular complexity index is 333. The summed E-state index contributed by atoms with van der Waals surface area (Å²) in [5, 5.41) is 0. The lowest BCUT2D eigenvalue weighted by Gasteiger charge is -2.17. The summed E-state index contributed by atoms with van der Waals surface area (Å²) in [6, 6.07) is 0.